The number of rotatable bonds is 6. The lowest BCUT2D eigenvalue weighted by atomic mass is 9.84. The first-order valence-corrected chi connectivity index (χ1v) is 17.2. The van der Waals surface area contributed by atoms with E-state index in [1.54, 1.807) is 0 Å². The van der Waals surface area contributed by atoms with Gasteiger partial charge in [-0.2, -0.15) is 0 Å². The quantitative estimate of drug-likeness (QED) is 0.181. The molecule has 230 valence electrons. The third-order valence-corrected chi connectivity index (χ3v) is 10.3. The topological polar surface area (TPSA) is 38.7 Å². The highest BCUT2D eigenvalue weighted by molar-refractivity contribution is 7.25. The van der Waals surface area contributed by atoms with Gasteiger partial charge in [0.15, 0.2) is 0 Å². The van der Waals surface area contributed by atoms with Gasteiger partial charge < -0.3 is 0 Å². The molecule has 3 nitrogen and oxygen atoms in total. The average Bonchev–Trinajstić information content (AvgIpc) is 3.57. The van der Waals surface area contributed by atoms with Crippen LogP contribution in [-0.4, -0.2) is 15.4 Å². The summed E-state index contributed by atoms with van der Waals surface area (Å²) in [5, 5.41) is 16.8. The minimum Gasteiger partial charge on any atom is -0.135 e. The maximum absolute atomic E-state index is 4.99. The van der Waals surface area contributed by atoms with Crippen LogP contribution in [0.2, 0.25) is 0 Å². The second-order valence-electron chi connectivity index (χ2n) is 12.0. The average molecular weight is 644 g/mol. The Kier molecular flexibility index (Phi) is 7.34. The number of aromatic nitrogens is 3. The van der Waals surface area contributed by atoms with Gasteiger partial charge in [-0.05, 0) is 56.3 Å². The van der Waals surface area contributed by atoms with Crippen LogP contribution in [-0.2, 0) is 0 Å². The Morgan fingerprint density at radius 1 is 0.327 bits per heavy atom. The van der Waals surface area contributed by atoms with Gasteiger partial charge in [0.05, 0.1) is 0 Å². The van der Waals surface area contributed by atoms with Crippen LogP contribution < -0.4 is 0 Å². The molecule has 0 aliphatic carbocycles. The Morgan fingerprint density at radius 2 is 0.837 bits per heavy atom. The molecule has 0 unspecified atom stereocenters. The summed E-state index contributed by atoms with van der Waals surface area (Å²) in [7, 11) is 0. The zero-order valence-electron chi connectivity index (χ0n) is 26.5. The number of fused-ring (bicyclic) bond motifs is 3. The number of hydrogen-bond acceptors (Lipinski definition) is 4. The van der Waals surface area contributed by atoms with Crippen molar-refractivity contribution in [3.8, 4) is 67.0 Å². The molecular formula is C45H29N3S. The van der Waals surface area contributed by atoms with Gasteiger partial charge in [0.25, 0.3) is 0 Å². The lowest BCUT2D eigenvalue weighted by molar-refractivity contribution is 0.879. The maximum Gasteiger partial charge on any atom is 0.106 e. The molecule has 0 atom stereocenters. The van der Waals surface area contributed by atoms with Gasteiger partial charge in [0.1, 0.15) is 11.4 Å². The van der Waals surface area contributed by atoms with Crippen LogP contribution in [0.1, 0.15) is 0 Å². The summed E-state index contributed by atoms with van der Waals surface area (Å²) in [6.07, 6.45) is 0. The van der Waals surface area contributed by atoms with Crippen LogP contribution in [0.4, 0.5) is 0 Å². The summed E-state index contributed by atoms with van der Waals surface area (Å²) in [6.45, 7) is 0. The van der Waals surface area contributed by atoms with E-state index >= 15 is 0 Å². The standard InChI is InChI=1S/C45H29N3S/c1-4-16-30(17-5-1)33-22-10-11-23-35(33)43-44(32-20-8-3-9-21-32)46-48-47-45(43)42-34(31-18-6-2-7-19-31)25-14-26-37(42)36-27-15-29-40-41(36)38-24-12-13-28-39(38)49-40/h1-29H. The molecule has 0 aliphatic heterocycles. The van der Waals surface area contributed by atoms with Crippen molar-refractivity contribution in [2.75, 3.05) is 0 Å². The van der Waals surface area contributed by atoms with Crippen molar-refractivity contribution in [3.63, 3.8) is 0 Å². The van der Waals surface area contributed by atoms with Gasteiger partial charge in [-0.3, -0.25) is 0 Å². The minimum atomic E-state index is 0.794. The van der Waals surface area contributed by atoms with Gasteiger partial charge in [0.2, 0.25) is 0 Å². The molecular weight excluding hydrogens is 615 g/mol. The summed E-state index contributed by atoms with van der Waals surface area (Å²) in [6, 6.07) is 62.0. The monoisotopic (exact) mass is 643 g/mol. The molecule has 9 aromatic rings. The van der Waals surface area contributed by atoms with E-state index in [4.69, 9.17) is 10.2 Å². The minimum absolute atomic E-state index is 0.794. The second kappa shape index (κ2) is 12.4. The van der Waals surface area contributed by atoms with E-state index in [1.165, 1.54) is 25.7 Å². The third kappa shape index (κ3) is 5.10. The molecule has 2 heterocycles. The fourth-order valence-corrected chi connectivity index (χ4v) is 8.14. The highest BCUT2D eigenvalue weighted by atomic mass is 32.1. The highest BCUT2D eigenvalue weighted by Crippen LogP contribution is 2.49. The van der Waals surface area contributed by atoms with Crippen LogP contribution in [0.15, 0.2) is 176 Å². The van der Waals surface area contributed by atoms with E-state index in [2.05, 4.69) is 175 Å². The van der Waals surface area contributed by atoms with Gasteiger partial charge >= 0.3 is 0 Å². The van der Waals surface area contributed by atoms with E-state index in [9.17, 15) is 0 Å². The smallest absolute Gasteiger partial charge is 0.106 e. The molecule has 7 aromatic carbocycles. The van der Waals surface area contributed by atoms with Gasteiger partial charge in [-0.25, -0.2) is 0 Å². The summed E-state index contributed by atoms with van der Waals surface area (Å²) in [5.74, 6) is 0. The zero-order valence-corrected chi connectivity index (χ0v) is 27.3. The predicted octanol–water partition coefficient (Wildman–Crippen LogP) is 12.2. The van der Waals surface area contributed by atoms with Crippen LogP contribution in [0.5, 0.6) is 0 Å². The molecule has 0 amide bonds. The Hall–Kier alpha value is -6.23. The van der Waals surface area contributed by atoms with Crippen molar-refractivity contribution in [1.82, 2.24) is 15.4 Å². The molecule has 49 heavy (non-hydrogen) atoms. The highest BCUT2D eigenvalue weighted by Gasteiger charge is 2.26. The van der Waals surface area contributed by atoms with E-state index in [0.29, 0.717) is 0 Å². The molecule has 0 radical (unpaired) electrons. The number of hydrogen-bond donors (Lipinski definition) is 0. The predicted molar refractivity (Wildman–Crippen MR) is 205 cm³/mol. The van der Waals surface area contributed by atoms with Gasteiger partial charge in [0, 0.05) is 36.9 Å². The van der Waals surface area contributed by atoms with Gasteiger partial charge in [-0.1, -0.05) is 164 Å². The molecule has 2 aromatic heterocycles. The number of benzene rings is 7. The van der Waals surface area contributed by atoms with E-state index in [1.807, 2.05) is 17.4 Å². The Balaban J connectivity index is 1.43. The van der Waals surface area contributed by atoms with Crippen molar-refractivity contribution in [2.24, 2.45) is 0 Å². The largest absolute Gasteiger partial charge is 0.135 e. The Bertz CT molecular complexity index is 2590. The summed E-state index contributed by atoms with van der Waals surface area (Å²) in [4.78, 5) is 0. The lowest BCUT2D eigenvalue weighted by Crippen LogP contribution is -2.03. The molecule has 0 saturated heterocycles. The molecule has 9 rings (SSSR count). The van der Waals surface area contributed by atoms with Crippen LogP contribution >= 0.6 is 11.3 Å². The Morgan fingerprint density at radius 3 is 1.59 bits per heavy atom. The van der Waals surface area contributed by atoms with Crippen molar-refractivity contribution in [2.45, 2.75) is 0 Å². The second-order valence-corrected chi connectivity index (χ2v) is 13.1. The summed E-state index contributed by atoms with van der Waals surface area (Å²) >= 11 is 1.83. The summed E-state index contributed by atoms with van der Waals surface area (Å²) in [5.41, 5.74) is 12.3. The molecule has 4 heteroatoms. The van der Waals surface area contributed by atoms with E-state index in [-0.39, 0.29) is 0 Å². The molecule has 0 N–H and O–H groups in total. The molecule has 0 saturated carbocycles. The fourth-order valence-electron chi connectivity index (χ4n) is 7.01. The summed E-state index contributed by atoms with van der Waals surface area (Å²) < 4.78 is 2.54. The first kappa shape index (κ1) is 29.0. The first-order chi connectivity index (χ1) is 24.3. The zero-order chi connectivity index (χ0) is 32.6. The van der Waals surface area contributed by atoms with Crippen molar-refractivity contribution >= 4 is 31.5 Å². The first-order valence-electron chi connectivity index (χ1n) is 16.4. The number of thiophene rings is 1. The normalized spacial score (nSPS) is 11.3. The van der Waals surface area contributed by atoms with Crippen molar-refractivity contribution in [1.29, 1.82) is 0 Å². The van der Waals surface area contributed by atoms with Gasteiger partial charge in [-0.15, -0.1) is 21.5 Å². The number of nitrogens with zero attached hydrogens (tertiary/aromatic N) is 3. The third-order valence-electron chi connectivity index (χ3n) is 9.17. The van der Waals surface area contributed by atoms with E-state index < -0.39 is 0 Å². The lowest BCUT2D eigenvalue weighted by Gasteiger charge is -2.21. The SMILES string of the molecule is c1ccc(-c2ccccc2-c2c(-c3ccccc3)nnnc2-c2c(-c3ccccc3)cccc2-c2cccc3sc4ccccc4c23)cc1. The molecule has 0 aliphatic rings. The van der Waals surface area contributed by atoms with Crippen molar-refractivity contribution in [3.05, 3.63) is 176 Å². The Labute approximate surface area is 288 Å². The fraction of sp³-hybridized carbons (Fsp3) is 0. The van der Waals surface area contributed by atoms with Crippen LogP contribution in [0.3, 0.4) is 0 Å². The van der Waals surface area contributed by atoms with Crippen molar-refractivity contribution < 1.29 is 0 Å². The van der Waals surface area contributed by atoms with Crippen LogP contribution in [0, 0.1) is 0 Å². The maximum atomic E-state index is 4.99. The molecule has 0 spiro atoms. The molecule has 0 bridgehead atoms. The molecule has 0 fully saturated rings. The van der Waals surface area contributed by atoms with Crippen LogP contribution in [0.25, 0.3) is 87.2 Å². The van der Waals surface area contributed by atoms with E-state index in [0.717, 1.165) is 61.5 Å².